The van der Waals surface area contributed by atoms with E-state index >= 15 is 0 Å². The third-order valence-corrected chi connectivity index (χ3v) is 4.30. The largest absolute Gasteiger partial charge is 0.494 e. The highest BCUT2D eigenvalue weighted by Crippen LogP contribution is 2.37. The molecule has 112 valence electrons. The first-order chi connectivity index (χ1) is 9.62. The topological polar surface area (TPSA) is 30.5 Å². The van der Waals surface area contributed by atoms with Crippen LogP contribution in [-0.4, -0.2) is 31.9 Å². The van der Waals surface area contributed by atoms with E-state index in [9.17, 15) is 0 Å². The van der Waals surface area contributed by atoms with Crippen molar-refractivity contribution in [3.8, 4) is 5.75 Å². The van der Waals surface area contributed by atoms with Gasteiger partial charge in [-0.25, -0.2) is 0 Å². The predicted octanol–water partition coefficient (Wildman–Crippen LogP) is 3.25. The molecule has 1 heterocycles. The maximum absolute atomic E-state index is 5.86. The van der Waals surface area contributed by atoms with Crippen LogP contribution in [0.5, 0.6) is 5.75 Å². The summed E-state index contributed by atoms with van der Waals surface area (Å²) in [5, 5.41) is 3.57. The van der Waals surface area contributed by atoms with Gasteiger partial charge >= 0.3 is 0 Å². The van der Waals surface area contributed by atoms with E-state index in [1.807, 2.05) is 30.3 Å². The molecule has 3 nitrogen and oxygen atoms in total. The Morgan fingerprint density at radius 3 is 2.70 bits per heavy atom. The molecule has 0 aliphatic carbocycles. The summed E-state index contributed by atoms with van der Waals surface area (Å²) >= 11 is 0. The second-order valence-electron chi connectivity index (χ2n) is 6.07. The maximum Gasteiger partial charge on any atom is 0.119 e. The van der Waals surface area contributed by atoms with Gasteiger partial charge in [-0.2, -0.15) is 0 Å². The van der Waals surface area contributed by atoms with Gasteiger partial charge in [0.2, 0.25) is 0 Å². The highest BCUT2D eigenvalue weighted by molar-refractivity contribution is 5.20. The minimum Gasteiger partial charge on any atom is -0.494 e. The smallest absolute Gasteiger partial charge is 0.119 e. The molecular formula is C17H27NO2. The molecule has 0 amide bonds. The van der Waals surface area contributed by atoms with E-state index in [1.54, 1.807) is 0 Å². The highest BCUT2D eigenvalue weighted by Gasteiger charge is 2.41. The summed E-state index contributed by atoms with van der Waals surface area (Å²) in [4.78, 5) is 0. The molecule has 3 heteroatoms. The Bertz CT molecular complexity index is 393. The summed E-state index contributed by atoms with van der Waals surface area (Å²) < 4.78 is 11.7. The summed E-state index contributed by atoms with van der Waals surface area (Å²) in [6, 6.07) is 10.5. The van der Waals surface area contributed by atoms with Gasteiger partial charge in [0.25, 0.3) is 0 Å². The fraction of sp³-hybridized carbons (Fsp3) is 0.647. The van der Waals surface area contributed by atoms with Gasteiger partial charge in [0.15, 0.2) is 0 Å². The summed E-state index contributed by atoms with van der Waals surface area (Å²) in [5.74, 6) is 0.950. The van der Waals surface area contributed by atoms with Crippen molar-refractivity contribution in [3.63, 3.8) is 0 Å². The number of para-hydroxylation sites is 1. The second-order valence-corrected chi connectivity index (χ2v) is 6.07. The average Bonchev–Trinajstić information content (AvgIpc) is 2.80. The molecular weight excluding hydrogens is 250 g/mol. The zero-order valence-corrected chi connectivity index (χ0v) is 12.9. The molecule has 1 N–H and O–H groups in total. The van der Waals surface area contributed by atoms with Crippen LogP contribution in [0.25, 0.3) is 0 Å². The normalized spacial score (nSPS) is 26.1. The number of benzene rings is 1. The van der Waals surface area contributed by atoms with E-state index in [2.05, 4.69) is 26.1 Å². The van der Waals surface area contributed by atoms with Crippen molar-refractivity contribution >= 4 is 0 Å². The highest BCUT2D eigenvalue weighted by atomic mass is 16.5. The fourth-order valence-corrected chi connectivity index (χ4v) is 2.76. The molecule has 0 saturated carbocycles. The van der Waals surface area contributed by atoms with Crippen molar-refractivity contribution in [1.29, 1.82) is 0 Å². The molecule has 2 unspecified atom stereocenters. The lowest BCUT2D eigenvalue weighted by Gasteiger charge is -2.33. The Morgan fingerprint density at radius 2 is 2.10 bits per heavy atom. The van der Waals surface area contributed by atoms with E-state index < -0.39 is 0 Å². The minimum atomic E-state index is 0.207. The Kier molecular flexibility index (Phi) is 5.44. The minimum absolute atomic E-state index is 0.207. The van der Waals surface area contributed by atoms with Crippen LogP contribution >= 0.6 is 0 Å². The first-order valence-corrected chi connectivity index (χ1v) is 7.65. The van der Waals surface area contributed by atoms with Gasteiger partial charge in [-0.15, -0.1) is 0 Å². The Labute approximate surface area is 122 Å². The molecule has 2 atom stereocenters. The van der Waals surface area contributed by atoms with Crippen LogP contribution in [0.15, 0.2) is 30.3 Å². The lowest BCUT2D eigenvalue weighted by molar-refractivity contribution is 0.0494. The molecule has 1 aromatic carbocycles. The number of hydrogen-bond donors (Lipinski definition) is 1. The first kappa shape index (κ1) is 15.3. The van der Waals surface area contributed by atoms with Crippen LogP contribution < -0.4 is 10.1 Å². The lowest BCUT2D eigenvalue weighted by Crippen LogP contribution is -2.42. The van der Waals surface area contributed by atoms with Gasteiger partial charge in [-0.1, -0.05) is 32.0 Å². The van der Waals surface area contributed by atoms with E-state index in [1.165, 1.54) is 0 Å². The summed E-state index contributed by atoms with van der Waals surface area (Å²) in [6.07, 6.45) is 2.45. The Hall–Kier alpha value is -1.06. The quantitative estimate of drug-likeness (QED) is 0.830. The fourth-order valence-electron chi connectivity index (χ4n) is 2.76. The van der Waals surface area contributed by atoms with E-state index in [0.717, 1.165) is 38.3 Å². The molecule has 20 heavy (non-hydrogen) atoms. The van der Waals surface area contributed by atoms with Crippen molar-refractivity contribution < 1.29 is 9.47 Å². The third-order valence-electron chi connectivity index (χ3n) is 4.30. The molecule has 2 rings (SSSR count). The maximum atomic E-state index is 5.86. The lowest BCUT2D eigenvalue weighted by atomic mass is 9.78. The SMILES string of the molecule is CC(C)NCC1(CCOc2ccccc2)CCOC1C. The zero-order chi connectivity index (χ0) is 14.4. The van der Waals surface area contributed by atoms with Gasteiger partial charge in [0.1, 0.15) is 5.75 Å². The summed E-state index contributed by atoms with van der Waals surface area (Å²) in [5.41, 5.74) is 0.207. The molecule has 0 bridgehead atoms. The summed E-state index contributed by atoms with van der Waals surface area (Å²) in [7, 11) is 0. The van der Waals surface area contributed by atoms with Crippen LogP contribution in [0.4, 0.5) is 0 Å². The van der Waals surface area contributed by atoms with Crippen molar-refractivity contribution in [2.75, 3.05) is 19.8 Å². The molecule has 1 aromatic rings. The molecule has 1 fully saturated rings. The van der Waals surface area contributed by atoms with Crippen molar-refractivity contribution in [2.45, 2.75) is 45.8 Å². The standard InChI is InChI=1S/C17H27NO2/c1-14(2)18-13-17(9-11-19-15(17)3)10-12-20-16-7-5-4-6-8-16/h4-8,14-15,18H,9-13H2,1-3H3. The first-order valence-electron chi connectivity index (χ1n) is 7.65. The summed E-state index contributed by atoms with van der Waals surface area (Å²) in [6.45, 7) is 9.19. The number of nitrogens with one attached hydrogen (secondary N) is 1. The van der Waals surface area contributed by atoms with Gasteiger partial charge < -0.3 is 14.8 Å². The van der Waals surface area contributed by atoms with Gasteiger partial charge in [0.05, 0.1) is 12.7 Å². The predicted molar refractivity (Wildman–Crippen MR) is 82.2 cm³/mol. The van der Waals surface area contributed by atoms with Crippen LogP contribution in [0, 0.1) is 5.41 Å². The van der Waals surface area contributed by atoms with Crippen molar-refractivity contribution in [3.05, 3.63) is 30.3 Å². The van der Waals surface area contributed by atoms with Crippen LogP contribution in [0.3, 0.4) is 0 Å². The number of hydrogen-bond acceptors (Lipinski definition) is 3. The van der Waals surface area contributed by atoms with Crippen LogP contribution in [0.1, 0.15) is 33.6 Å². The van der Waals surface area contributed by atoms with Gasteiger partial charge in [-0.3, -0.25) is 0 Å². The van der Waals surface area contributed by atoms with Crippen LogP contribution in [0.2, 0.25) is 0 Å². The average molecular weight is 277 g/mol. The Morgan fingerprint density at radius 1 is 1.35 bits per heavy atom. The molecule has 0 radical (unpaired) electrons. The van der Waals surface area contributed by atoms with E-state index in [0.29, 0.717) is 12.1 Å². The zero-order valence-electron chi connectivity index (χ0n) is 12.9. The van der Waals surface area contributed by atoms with E-state index in [4.69, 9.17) is 9.47 Å². The monoisotopic (exact) mass is 277 g/mol. The molecule has 1 aliphatic rings. The second kappa shape index (κ2) is 7.09. The van der Waals surface area contributed by atoms with Gasteiger partial charge in [0, 0.05) is 24.6 Å². The van der Waals surface area contributed by atoms with Crippen molar-refractivity contribution in [1.82, 2.24) is 5.32 Å². The van der Waals surface area contributed by atoms with E-state index in [-0.39, 0.29) is 5.41 Å². The molecule has 1 aliphatic heterocycles. The van der Waals surface area contributed by atoms with Crippen LogP contribution in [-0.2, 0) is 4.74 Å². The molecule has 0 spiro atoms. The van der Waals surface area contributed by atoms with Gasteiger partial charge in [-0.05, 0) is 31.9 Å². The Balaban J connectivity index is 1.88. The number of rotatable bonds is 7. The molecule has 1 saturated heterocycles. The molecule has 0 aromatic heterocycles. The van der Waals surface area contributed by atoms with Crippen molar-refractivity contribution in [2.24, 2.45) is 5.41 Å². The number of ether oxygens (including phenoxy) is 2. The third kappa shape index (κ3) is 3.97.